The minimum atomic E-state index is -0.290. The Morgan fingerprint density at radius 2 is 1.76 bits per heavy atom. The van der Waals surface area contributed by atoms with Gasteiger partial charge in [-0.3, -0.25) is 0 Å². The highest BCUT2D eigenvalue weighted by molar-refractivity contribution is 5.98. The Kier molecular flexibility index (Phi) is 6.49. The third-order valence-corrected chi connectivity index (χ3v) is 5.13. The highest BCUT2D eigenvalue weighted by Gasteiger charge is 2.22. The van der Waals surface area contributed by atoms with Crippen LogP contribution in [0, 0.1) is 6.92 Å². The summed E-state index contributed by atoms with van der Waals surface area (Å²) in [6.07, 6.45) is 0. The van der Waals surface area contributed by atoms with Crippen LogP contribution in [0.25, 0.3) is 10.9 Å². The average molecular weight is 393 g/mol. The maximum Gasteiger partial charge on any atom is 0.340 e. The lowest BCUT2D eigenvalue weighted by atomic mass is 10.0. The van der Waals surface area contributed by atoms with Gasteiger partial charge in [0.25, 0.3) is 0 Å². The molecule has 2 aromatic carbocycles. The summed E-state index contributed by atoms with van der Waals surface area (Å²) in [6.45, 7) is 5.66. The summed E-state index contributed by atoms with van der Waals surface area (Å²) in [7, 11) is 6.20. The van der Waals surface area contributed by atoms with Crippen molar-refractivity contribution in [2.75, 3.05) is 32.6 Å². The average Bonchev–Trinajstić information content (AvgIpc) is 2.68. The highest BCUT2D eigenvalue weighted by atomic mass is 16.5. The molecule has 0 spiro atoms. The molecule has 3 aromatic rings. The first-order valence-corrected chi connectivity index (χ1v) is 10.0. The van der Waals surface area contributed by atoms with Crippen LogP contribution in [0.4, 0.5) is 5.69 Å². The molecule has 5 heteroatoms. The van der Waals surface area contributed by atoms with Gasteiger partial charge in [-0.15, -0.1) is 0 Å². The lowest BCUT2D eigenvalue weighted by Crippen LogP contribution is -3.06. The molecule has 0 bridgehead atoms. The number of hydrogen-bond donors (Lipinski definition) is 1. The summed E-state index contributed by atoms with van der Waals surface area (Å²) in [6, 6.07) is 16.5. The maximum atomic E-state index is 12.7. The number of carbonyl (C=O) groups excluding carboxylic acids is 1. The summed E-state index contributed by atoms with van der Waals surface area (Å²) < 4.78 is 5.34. The molecule has 1 heterocycles. The lowest BCUT2D eigenvalue weighted by Gasteiger charge is -2.18. The molecule has 152 valence electrons. The fourth-order valence-electron chi connectivity index (χ4n) is 3.65. The van der Waals surface area contributed by atoms with Gasteiger partial charge in [0.15, 0.2) is 0 Å². The number of hydrogen-bond acceptors (Lipinski definition) is 4. The van der Waals surface area contributed by atoms with E-state index in [9.17, 15) is 4.79 Å². The summed E-state index contributed by atoms with van der Waals surface area (Å²) in [5.74, 6) is -0.290. The quantitative estimate of drug-likeness (QED) is 0.628. The number of ether oxygens (including phenoxy) is 1. The fraction of sp³-hybridized carbons (Fsp3) is 0.333. The molecular weight excluding hydrogens is 362 g/mol. The van der Waals surface area contributed by atoms with E-state index in [4.69, 9.17) is 9.72 Å². The Bertz CT molecular complexity index is 997. The summed E-state index contributed by atoms with van der Waals surface area (Å²) in [4.78, 5) is 20.9. The van der Waals surface area contributed by atoms with Crippen LogP contribution < -0.4 is 9.80 Å². The van der Waals surface area contributed by atoms with Crippen molar-refractivity contribution in [3.05, 3.63) is 70.9 Å². The molecule has 0 aliphatic rings. The van der Waals surface area contributed by atoms with Gasteiger partial charge in [-0.05, 0) is 37.6 Å². The summed E-state index contributed by atoms with van der Waals surface area (Å²) >= 11 is 0. The van der Waals surface area contributed by atoms with E-state index in [-0.39, 0.29) is 5.97 Å². The van der Waals surface area contributed by atoms with Gasteiger partial charge in [0, 0.05) is 30.7 Å². The van der Waals surface area contributed by atoms with Crippen LogP contribution in [0.3, 0.4) is 0 Å². The number of nitrogens with zero attached hydrogens (tertiary/aromatic N) is 2. The van der Waals surface area contributed by atoms with E-state index in [2.05, 4.69) is 36.2 Å². The second kappa shape index (κ2) is 9.05. The molecule has 29 heavy (non-hydrogen) atoms. The Labute approximate surface area is 172 Å². The zero-order chi connectivity index (χ0) is 21.0. The number of pyridine rings is 1. The van der Waals surface area contributed by atoms with Crippen molar-refractivity contribution < 1.29 is 14.4 Å². The van der Waals surface area contributed by atoms with Gasteiger partial charge in [-0.1, -0.05) is 30.3 Å². The van der Waals surface area contributed by atoms with E-state index in [1.165, 1.54) is 16.2 Å². The molecule has 0 saturated carbocycles. The van der Waals surface area contributed by atoms with Crippen LogP contribution in [0.15, 0.2) is 48.5 Å². The van der Waals surface area contributed by atoms with Gasteiger partial charge in [0.2, 0.25) is 0 Å². The van der Waals surface area contributed by atoms with Crippen molar-refractivity contribution in [1.29, 1.82) is 0 Å². The SMILES string of the molecule is CCOC(=O)c1c(C[NH+](C)Cc2ccc(N(C)C)cc2)nc2ccccc2c1C. The third kappa shape index (κ3) is 4.74. The number of nitrogens with one attached hydrogen (secondary N) is 1. The zero-order valence-electron chi connectivity index (χ0n) is 18.0. The van der Waals surface area contributed by atoms with Gasteiger partial charge < -0.3 is 14.5 Å². The molecule has 3 rings (SSSR count). The van der Waals surface area contributed by atoms with Crippen LogP contribution in [0.1, 0.15) is 34.1 Å². The summed E-state index contributed by atoms with van der Waals surface area (Å²) in [5, 5.41) is 0.997. The Balaban J connectivity index is 1.89. The number of carbonyl (C=O) groups is 1. The van der Waals surface area contributed by atoms with E-state index in [1.807, 2.05) is 52.2 Å². The van der Waals surface area contributed by atoms with Crippen molar-refractivity contribution >= 4 is 22.6 Å². The first-order chi connectivity index (χ1) is 13.9. The minimum Gasteiger partial charge on any atom is -0.462 e. The standard InChI is InChI=1S/C24H29N3O2/c1-6-29-24(28)23-17(2)20-9-7-8-10-21(20)25-22(23)16-27(5)15-18-11-13-19(14-12-18)26(3)4/h7-14H,6,15-16H2,1-5H3/p+1. The molecule has 5 nitrogen and oxygen atoms in total. The van der Waals surface area contributed by atoms with E-state index >= 15 is 0 Å². The van der Waals surface area contributed by atoms with Crippen LogP contribution in [-0.4, -0.2) is 38.7 Å². The van der Waals surface area contributed by atoms with Crippen LogP contribution in [0.5, 0.6) is 0 Å². The fourth-order valence-corrected chi connectivity index (χ4v) is 3.65. The predicted octanol–water partition coefficient (Wildman–Crippen LogP) is 3.00. The number of aryl methyl sites for hydroxylation is 1. The first kappa shape index (κ1) is 20.8. The molecular formula is C24H30N3O2+. The summed E-state index contributed by atoms with van der Waals surface area (Å²) in [5.41, 5.74) is 5.68. The van der Waals surface area contributed by atoms with E-state index in [1.54, 1.807) is 0 Å². The third-order valence-electron chi connectivity index (χ3n) is 5.13. The Hall–Kier alpha value is -2.92. The monoisotopic (exact) mass is 392 g/mol. The van der Waals surface area contributed by atoms with Crippen molar-refractivity contribution in [3.63, 3.8) is 0 Å². The number of benzene rings is 2. The zero-order valence-corrected chi connectivity index (χ0v) is 18.0. The normalized spacial score (nSPS) is 12.0. The number of fused-ring (bicyclic) bond motifs is 1. The first-order valence-electron chi connectivity index (χ1n) is 10.0. The molecule has 0 aliphatic carbocycles. The smallest absolute Gasteiger partial charge is 0.340 e. The van der Waals surface area contributed by atoms with Gasteiger partial charge in [0.05, 0.1) is 24.7 Å². The lowest BCUT2D eigenvalue weighted by molar-refractivity contribution is -0.908. The maximum absolute atomic E-state index is 12.7. The number of anilines is 1. The molecule has 0 radical (unpaired) electrons. The van der Waals surface area contributed by atoms with Crippen LogP contribution >= 0.6 is 0 Å². The van der Waals surface area contributed by atoms with Crippen LogP contribution in [-0.2, 0) is 17.8 Å². The van der Waals surface area contributed by atoms with Gasteiger partial charge >= 0.3 is 5.97 Å². The molecule has 0 amide bonds. The second-order valence-corrected chi connectivity index (χ2v) is 7.67. The van der Waals surface area contributed by atoms with Gasteiger partial charge in [0.1, 0.15) is 18.8 Å². The van der Waals surface area contributed by atoms with Crippen molar-refractivity contribution in [3.8, 4) is 0 Å². The van der Waals surface area contributed by atoms with E-state index < -0.39 is 0 Å². The molecule has 1 N–H and O–H groups in total. The van der Waals surface area contributed by atoms with Crippen molar-refractivity contribution in [2.45, 2.75) is 26.9 Å². The minimum absolute atomic E-state index is 0.290. The van der Waals surface area contributed by atoms with Gasteiger partial charge in [-0.25, -0.2) is 9.78 Å². The van der Waals surface area contributed by atoms with Crippen molar-refractivity contribution in [2.24, 2.45) is 0 Å². The molecule has 0 aliphatic heterocycles. The molecule has 0 fully saturated rings. The Morgan fingerprint density at radius 3 is 2.41 bits per heavy atom. The number of quaternary nitrogens is 1. The molecule has 0 saturated heterocycles. The topological polar surface area (TPSA) is 46.9 Å². The number of aromatic nitrogens is 1. The molecule has 1 unspecified atom stereocenters. The van der Waals surface area contributed by atoms with Crippen LogP contribution in [0.2, 0.25) is 0 Å². The van der Waals surface area contributed by atoms with Gasteiger partial charge in [-0.2, -0.15) is 0 Å². The largest absolute Gasteiger partial charge is 0.462 e. The predicted molar refractivity (Wildman–Crippen MR) is 118 cm³/mol. The van der Waals surface area contributed by atoms with Crippen molar-refractivity contribution in [1.82, 2.24) is 4.98 Å². The number of esters is 1. The Morgan fingerprint density at radius 1 is 1.07 bits per heavy atom. The second-order valence-electron chi connectivity index (χ2n) is 7.67. The van der Waals surface area contributed by atoms with E-state index in [0.29, 0.717) is 18.7 Å². The molecule has 1 aromatic heterocycles. The highest BCUT2D eigenvalue weighted by Crippen LogP contribution is 2.23. The van der Waals surface area contributed by atoms with E-state index in [0.717, 1.165) is 28.7 Å². The number of para-hydroxylation sites is 1. The molecule has 1 atom stereocenters. The number of rotatable bonds is 7.